The molecule has 0 unspecified atom stereocenters. The molecule has 29 heavy (non-hydrogen) atoms. The number of fused-ring (bicyclic) bond motifs is 1. The van der Waals surface area contributed by atoms with Crippen molar-refractivity contribution in [2.45, 2.75) is 12.5 Å². The van der Waals surface area contributed by atoms with Crippen LogP contribution >= 0.6 is 0 Å². The molecule has 1 amide bonds. The molecule has 0 aliphatic carbocycles. The van der Waals surface area contributed by atoms with E-state index in [1.807, 2.05) is 78.9 Å². The molecule has 5 heteroatoms. The summed E-state index contributed by atoms with van der Waals surface area (Å²) in [5.41, 5.74) is 5.09. The van der Waals surface area contributed by atoms with Crippen LogP contribution in [0.2, 0.25) is 0 Å². The van der Waals surface area contributed by atoms with Gasteiger partial charge in [-0.1, -0.05) is 60.7 Å². The average molecular weight is 378 g/mol. The predicted molar refractivity (Wildman–Crippen MR) is 112 cm³/mol. The molecule has 5 nitrogen and oxygen atoms in total. The van der Waals surface area contributed by atoms with E-state index in [0.29, 0.717) is 12.0 Å². The minimum absolute atomic E-state index is 0.123. The van der Waals surface area contributed by atoms with Crippen molar-refractivity contribution >= 4 is 22.7 Å². The van der Waals surface area contributed by atoms with Gasteiger partial charge in [0.15, 0.2) is 0 Å². The summed E-state index contributed by atoms with van der Waals surface area (Å²) in [5.74, 6) is -0.123. The molecule has 1 aliphatic heterocycles. The minimum Gasteiger partial charge on any atom is -0.267 e. The lowest BCUT2D eigenvalue weighted by atomic mass is 9.97. The van der Waals surface area contributed by atoms with Crippen molar-refractivity contribution in [2.75, 3.05) is 0 Å². The number of hydrazone groups is 1. The van der Waals surface area contributed by atoms with Crippen molar-refractivity contribution in [1.29, 1.82) is 0 Å². The van der Waals surface area contributed by atoms with Crippen LogP contribution in [0.25, 0.3) is 11.0 Å². The maximum atomic E-state index is 13.3. The number of nitrogens with zero attached hydrogens (tertiary/aromatic N) is 4. The van der Waals surface area contributed by atoms with Gasteiger partial charge in [0.05, 0.1) is 22.8 Å². The van der Waals surface area contributed by atoms with E-state index >= 15 is 0 Å². The highest BCUT2D eigenvalue weighted by Crippen LogP contribution is 2.36. The lowest BCUT2D eigenvalue weighted by Gasteiger charge is -2.22. The number of carbonyl (C=O) groups excluding carboxylic acids is 1. The monoisotopic (exact) mass is 378 g/mol. The van der Waals surface area contributed by atoms with E-state index in [-0.39, 0.29) is 11.9 Å². The van der Waals surface area contributed by atoms with Crippen LogP contribution in [0.4, 0.5) is 0 Å². The zero-order chi connectivity index (χ0) is 19.6. The molecule has 1 aliphatic rings. The third-order valence-corrected chi connectivity index (χ3v) is 5.14. The van der Waals surface area contributed by atoms with Crippen LogP contribution < -0.4 is 0 Å². The SMILES string of the molecule is O=C(c1ccccc1)N1N=C(c2ccccc2)C[C@H]1c1cccc2nccnc12. The molecule has 0 N–H and O–H groups in total. The Morgan fingerprint density at radius 3 is 2.34 bits per heavy atom. The predicted octanol–water partition coefficient (Wildman–Crippen LogP) is 4.62. The summed E-state index contributed by atoms with van der Waals surface area (Å²) in [6.45, 7) is 0. The van der Waals surface area contributed by atoms with Gasteiger partial charge in [-0.3, -0.25) is 14.8 Å². The number of hydrogen-bond acceptors (Lipinski definition) is 4. The Labute approximate surface area is 168 Å². The number of benzene rings is 3. The Morgan fingerprint density at radius 2 is 1.55 bits per heavy atom. The molecule has 2 heterocycles. The minimum atomic E-state index is -0.238. The maximum absolute atomic E-state index is 13.3. The summed E-state index contributed by atoms with van der Waals surface area (Å²) in [5, 5.41) is 6.35. The summed E-state index contributed by atoms with van der Waals surface area (Å²) < 4.78 is 0. The second kappa shape index (κ2) is 7.28. The number of hydrogen-bond donors (Lipinski definition) is 0. The first-order valence-electron chi connectivity index (χ1n) is 9.52. The van der Waals surface area contributed by atoms with E-state index in [9.17, 15) is 4.79 Å². The van der Waals surface area contributed by atoms with E-state index in [0.717, 1.165) is 27.9 Å². The fourth-order valence-corrected chi connectivity index (χ4v) is 3.74. The zero-order valence-corrected chi connectivity index (χ0v) is 15.6. The van der Waals surface area contributed by atoms with Crippen molar-refractivity contribution < 1.29 is 4.79 Å². The Kier molecular flexibility index (Phi) is 4.33. The molecular formula is C24H18N4O. The van der Waals surface area contributed by atoms with E-state index in [2.05, 4.69) is 9.97 Å². The highest BCUT2D eigenvalue weighted by molar-refractivity contribution is 6.05. The summed E-state index contributed by atoms with van der Waals surface area (Å²) in [7, 11) is 0. The average Bonchev–Trinajstić information content (AvgIpc) is 3.24. The Morgan fingerprint density at radius 1 is 0.828 bits per heavy atom. The summed E-state index contributed by atoms with van der Waals surface area (Å²) in [4.78, 5) is 22.3. The molecule has 1 aromatic heterocycles. The molecule has 140 valence electrons. The molecule has 1 atom stereocenters. The van der Waals surface area contributed by atoms with Gasteiger partial charge in [-0.15, -0.1) is 0 Å². The molecule has 5 rings (SSSR count). The Hall–Kier alpha value is -3.86. The van der Waals surface area contributed by atoms with Gasteiger partial charge in [0.25, 0.3) is 5.91 Å². The van der Waals surface area contributed by atoms with Gasteiger partial charge >= 0.3 is 0 Å². The smallest absolute Gasteiger partial charge is 0.267 e. The number of aromatic nitrogens is 2. The third kappa shape index (κ3) is 3.17. The fourth-order valence-electron chi connectivity index (χ4n) is 3.74. The Balaban J connectivity index is 1.62. The summed E-state index contributed by atoms with van der Waals surface area (Å²) in [6, 6.07) is 24.9. The highest BCUT2D eigenvalue weighted by Gasteiger charge is 2.34. The largest absolute Gasteiger partial charge is 0.274 e. The first-order chi connectivity index (χ1) is 14.3. The van der Waals surface area contributed by atoms with Crippen LogP contribution in [0, 0.1) is 0 Å². The topological polar surface area (TPSA) is 58.5 Å². The number of rotatable bonds is 3. The van der Waals surface area contributed by atoms with E-state index in [1.54, 1.807) is 17.4 Å². The first kappa shape index (κ1) is 17.3. The molecule has 0 radical (unpaired) electrons. The second-order valence-electron chi connectivity index (χ2n) is 6.92. The fraction of sp³-hybridized carbons (Fsp3) is 0.0833. The van der Waals surface area contributed by atoms with Crippen molar-refractivity contribution in [3.05, 3.63) is 108 Å². The third-order valence-electron chi connectivity index (χ3n) is 5.14. The van der Waals surface area contributed by atoms with Crippen molar-refractivity contribution in [2.24, 2.45) is 5.10 Å². The van der Waals surface area contributed by atoms with Gasteiger partial charge in [-0.05, 0) is 23.8 Å². The standard InChI is InChI=1S/C24H18N4O/c29-24(18-10-5-2-6-11-18)28-22(16-21(27-28)17-8-3-1-4-9-17)19-12-7-13-20-23(19)26-15-14-25-20/h1-15,22H,16H2/t22-/m0/s1. The number of carbonyl (C=O) groups is 1. The lowest BCUT2D eigenvalue weighted by Crippen LogP contribution is -2.27. The molecule has 4 aromatic rings. The van der Waals surface area contributed by atoms with Crippen molar-refractivity contribution in [3.63, 3.8) is 0 Å². The van der Waals surface area contributed by atoms with Crippen LogP contribution in [-0.4, -0.2) is 26.6 Å². The molecule has 3 aromatic carbocycles. The number of para-hydroxylation sites is 1. The zero-order valence-electron chi connectivity index (χ0n) is 15.6. The van der Waals surface area contributed by atoms with Gasteiger partial charge in [0.1, 0.15) is 0 Å². The van der Waals surface area contributed by atoms with Crippen LogP contribution in [-0.2, 0) is 0 Å². The van der Waals surface area contributed by atoms with Crippen LogP contribution in [0.15, 0.2) is 96.4 Å². The first-order valence-corrected chi connectivity index (χ1v) is 9.52. The van der Waals surface area contributed by atoms with Crippen molar-refractivity contribution in [3.8, 4) is 0 Å². The van der Waals surface area contributed by atoms with Gasteiger partial charge in [0.2, 0.25) is 0 Å². The van der Waals surface area contributed by atoms with Gasteiger partial charge < -0.3 is 0 Å². The molecule has 0 bridgehead atoms. The highest BCUT2D eigenvalue weighted by atomic mass is 16.2. The summed E-state index contributed by atoms with van der Waals surface area (Å²) in [6.07, 6.45) is 3.99. The van der Waals surface area contributed by atoms with Crippen molar-refractivity contribution in [1.82, 2.24) is 15.0 Å². The molecule has 0 saturated heterocycles. The van der Waals surface area contributed by atoms with E-state index < -0.39 is 0 Å². The van der Waals surface area contributed by atoms with Gasteiger partial charge in [-0.25, -0.2) is 5.01 Å². The van der Waals surface area contributed by atoms with Crippen LogP contribution in [0.3, 0.4) is 0 Å². The van der Waals surface area contributed by atoms with E-state index in [4.69, 9.17) is 5.10 Å². The molecule has 0 spiro atoms. The van der Waals surface area contributed by atoms with E-state index in [1.165, 1.54) is 0 Å². The molecule has 0 fully saturated rings. The van der Waals surface area contributed by atoms with Gasteiger partial charge in [-0.2, -0.15) is 5.10 Å². The number of amides is 1. The molecule has 0 saturated carbocycles. The maximum Gasteiger partial charge on any atom is 0.274 e. The lowest BCUT2D eigenvalue weighted by molar-refractivity contribution is 0.0712. The van der Waals surface area contributed by atoms with Crippen LogP contribution in [0.1, 0.15) is 33.9 Å². The van der Waals surface area contributed by atoms with Gasteiger partial charge in [0, 0.05) is 29.9 Å². The van der Waals surface area contributed by atoms with Crippen LogP contribution in [0.5, 0.6) is 0 Å². The normalized spacial score (nSPS) is 16.1. The Bertz CT molecular complexity index is 1200. The second-order valence-corrected chi connectivity index (χ2v) is 6.92. The quantitative estimate of drug-likeness (QED) is 0.523. The molecular weight excluding hydrogens is 360 g/mol. The summed E-state index contributed by atoms with van der Waals surface area (Å²) >= 11 is 0.